The highest BCUT2D eigenvalue weighted by Crippen LogP contribution is 2.33. The minimum Gasteiger partial charge on any atom is -0.496 e. The molecule has 1 aromatic carbocycles. The molecule has 0 aliphatic carbocycles. The van der Waals surface area contributed by atoms with Crippen LogP contribution in [0.15, 0.2) is 39.9 Å². The van der Waals surface area contributed by atoms with E-state index in [4.69, 9.17) is 9.15 Å². The van der Waals surface area contributed by atoms with Gasteiger partial charge in [-0.25, -0.2) is 5.43 Å². The summed E-state index contributed by atoms with van der Waals surface area (Å²) in [4.78, 5) is 21.0. The van der Waals surface area contributed by atoms with Crippen molar-refractivity contribution in [2.24, 2.45) is 5.10 Å². The topological polar surface area (TPSA) is 107 Å². The molecule has 0 bridgehead atoms. The first-order valence-electron chi connectivity index (χ1n) is 6.23. The van der Waals surface area contributed by atoms with Gasteiger partial charge in [0, 0.05) is 13.0 Å². The van der Waals surface area contributed by atoms with Gasteiger partial charge in [-0.15, -0.1) is 0 Å². The maximum atomic E-state index is 10.8. The second kappa shape index (κ2) is 6.53. The van der Waals surface area contributed by atoms with Gasteiger partial charge < -0.3 is 9.15 Å². The maximum Gasteiger partial charge on any atom is 0.273 e. The lowest BCUT2D eigenvalue weighted by Gasteiger charge is -2.05. The normalized spacial score (nSPS) is 10.6. The largest absolute Gasteiger partial charge is 0.496 e. The summed E-state index contributed by atoms with van der Waals surface area (Å²) in [6.45, 7) is 1.34. The van der Waals surface area contributed by atoms with E-state index in [9.17, 15) is 14.9 Å². The van der Waals surface area contributed by atoms with Gasteiger partial charge in [0.25, 0.3) is 5.69 Å². The second-order valence-corrected chi connectivity index (χ2v) is 4.27. The van der Waals surface area contributed by atoms with Gasteiger partial charge in [-0.2, -0.15) is 5.10 Å². The van der Waals surface area contributed by atoms with E-state index < -0.39 is 4.92 Å². The monoisotopic (exact) mass is 303 g/mol. The number of hydrazone groups is 1. The molecule has 114 valence electrons. The molecule has 8 nitrogen and oxygen atoms in total. The van der Waals surface area contributed by atoms with Gasteiger partial charge in [-0.05, 0) is 18.2 Å². The fraction of sp³-hybridized carbons (Fsp3) is 0.143. The number of nitrogens with one attached hydrogen (secondary N) is 1. The molecule has 1 aromatic heterocycles. The first-order chi connectivity index (χ1) is 10.5. The zero-order valence-corrected chi connectivity index (χ0v) is 11.9. The molecule has 0 aliphatic rings. The fourth-order valence-corrected chi connectivity index (χ4v) is 1.75. The number of ether oxygens (including phenoxy) is 1. The van der Waals surface area contributed by atoms with Gasteiger partial charge in [0.2, 0.25) is 5.91 Å². The molecule has 22 heavy (non-hydrogen) atoms. The number of benzene rings is 1. The summed E-state index contributed by atoms with van der Waals surface area (Å²) >= 11 is 0. The lowest BCUT2D eigenvalue weighted by Crippen LogP contribution is -2.12. The van der Waals surface area contributed by atoms with Crippen LogP contribution in [-0.4, -0.2) is 24.2 Å². The van der Waals surface area contributed by atoms with E-state index in [1.165, 1.54) is 32.4 Å². The van der Waals surface area contributed by atoms with Gasteiger partial charge in [0.15, 0.2) is 0 Å². The zero-order chi connectivity index (χ0) is 16.1. The quantitative estimate of drug-likeness (QED) is 0.518. The number of nitrogens with zero attached hydrogens (tertiary/aromatic N) is 2. The summed E-state index contributed by atoms with van der Waals surface area (Å²) in [5.41, 5.74) is 2.76. The highest BCUT2D eigenvalue weighted by atomic mass is 16.6. The molecule has 0 spiro atoms. The molecule has 1 amide bonds. The summed E-state index contributed by atoms with van der Waals surface area (Å²) < 4.78 is 10.7. The predicted octanol–water partition coefficient (Wildman–Crippen LogP) is 2.33. The second-order valence-electron chi connectivity index (χ2n) is 4.27. The van der Waals surface area contributed by atoms with Crippen molar-refractivity contribution in [1.82, 2.24) is 5.43 Å². The van der Waals surface area contributed by atoms with Crippen LogP contribution in [0.2, 0.25) is 0 Å². The molecule has 1 heterocycles. The van der Waals surface area contributed by atoms with Crippen LogP contribution in [0.4, 0.5) is 5.69 Å². The molecule has 8 heteroatoms. The van der Waals surface area contributed by atoms with Crippen LogP contribution in [0.3, 0.4) is 0 Å². The number of methoxy groups -OCH3 is 1. The van der Waals surface area contributed by atoms with Crippen molar-refractivity contribution in [3.05, 3.63) is 46.2 Å². The van der Waals surface area contributed by atoms with E-state index in [0.717, 1.165) is 0 Å². The number of carbonyl (C=O) groups is 1. The van der Waals surface area contributed by atoms with Crippen LogP contribution < -0.4 is 10.2 Å². The smallest absolute Gasteiger partial charge is 0.273 e. The Labute approximate surface area is 125 Å². The summed E-state index contributed by atoms with van der Waals surface area (Å²) in [5, 5.41) is 14.5. The van der Waals surface area contributed by atoms with E-state index >= 15 is 0 Å². The molecule has 0 atom stereocenters. The number of non-ortho nitro benzene ring substituents is 1. The van der Waals surface area contributed by atoms with Crippen molar-refractivity contribution in [3.63, 3.8) is 0 Å². The Morgan fingerprint density at radius 2 is 2.18 bits per heavy atom. The molecule has 0 aliphatic heterocycles. The number of rotatable bonds is 5. The fourth-order valence-electron chi connectivity index (χ4n) is 1.75. The number of nitro groups is 1. The molecule has 0 unspecified atom stereocenters. The lowest BCUT2D eigenvalue weighted by molar-refractivity contribution is -0.384. The Morgan fingerprint density at radius 3 is 2.82 bits per heavy atom. The Bertz CT molecular complexity index is 736. The molecule has 0 radical (unpaired) electrons. The molecule has 2 rings (SSSR count). The molecular formula is C14H13N3O5. The van der Waals surface area contributed by atoms with Crippen LogP contribution in [0.5, 0.6) is 5.75 Å². The van der Waals surface area contributed by atoms with Gasteiger partial charge in [0.05, 0.1) is 29.9 Å². The number of hydrogen-bond acceptors (Lipinski definition) is 6. The number of nitro benzene ring substituents is 1. The molecule has 0 saturated heterocycles. The minimum atomic E-state index is -0.500. The third-order valence-electron chi connectivity index (χ3n) is 2.70. The molecule has 0 fully saturated rings. The van der Waals surface area contributed by atoms with Gasteiger partial charge in [-0.3, -0.25) is 14.9 Å². The van der Waals surface area contributed by atoms with Crippen molar-refractivity contribution < 1.29 is 18.9 Å². The van der Waals surface area contributed by atoms with Crippen LogP contribution in [-0.2, 0) is 4.79 Å². The molecule has 0 saturated carbocycles. The van der Waals surface area contributed by atoms with Crippen LogP contribution in [0.1, 0.15) is 12.7 Å². The van der Waals surface area contributed by atoms with Crippen LogP contribution >= 0.6 is 0 Å². The Kier molecular flexibility index (Phi) is 4.52. The average Bonchev–Trinajstić information content (AvgIpc) is 2.94. The van der Waals surface area contributed by atoms with E-state index in [1.807, 2.05) is 0 Å². The minimum absolute atomic E-state index is 0.0698. The van der Waals surface area contributed by atoms with E-state index in [0.29, 0.717) is 22.8 Å². The van der Waals surface area contributed by atoms with Crippen molar-refractivity contribution in [1.29, 1.82) is 0 Å². The lowest BCUT2D eigenvalue weighted by atomic mass is 10.1. The van der Waals surface area contributed by atoms with Crippen LogP contribution in [0.25, 0.3) is 11.3 Å². The number of hydrogen-bond donors (Lipinski definition) is 1. The van der Waals surface area contributed by atoms with Crippen molar-refractivity contribution in [2.75, 3.05) is 7.11 Å². The van der Waals surface area contributed by atoms with Gasteiger partial charge in [0.1, 0.15) is 17.3 Å². The third-order valence-corrected chi connectivity index (χ3v) is 2.70. The molecule has 1 N–H and O–H groups in total. The summed E-state index contributed by atoms with van der Waals surface area (Å²) in [6.07, 6.45) is 1.35. The third kappa shape index (κ3) is 3.48. The average molecular weight is 303 g/mol. The first kappa shape index (κ1) is 15.2. The summed E-state index contributed by atoms with van der Waals surface area (Å²) in [5.74, 6) is 0.925. The Hall–Kier alpha value is -3.16. The molecular weight excluding hydrogens is 290 g/mol. The Balaban J connectivity index is 2.28. The SMILES string of the molecule is COc1cc([N+](=O)[O-])ccc1-c1ccc(/C=N/NC(C)=O)o1. The van der Waals surface area contributed by atoms with Crippen molar-refractivity contribution in [3.8, 4) is 17.1 Å². The maximum absolute atomic E-state index is 10.8. The summed E-state index contributed by atoms with van der Waals surface area (Å²) in [6, 6.07) is 7.57. The number of furan rings is 1. The van der Waals surface area contributed by atoms with E-state index in [-0.39, 0.29) is 11.6 Å². The predicted molar refractivity (Wildman–Crippen MR) is 78.8 cm³/mol. The Morgan fingerprint density at radius 1 is 1.41 bits per heavy atom. The van der Waals surface area contributed by atoms with Crippen molar-refractivity contribution >= 4 is 17.8 Å². The molecule has 2 aromatic rings. The highest BCUT2D eigenvalue weighted by Gasteiger charge is 2.15. The number of carbonyl (C=O) groups excluding carboxylic acids is 1. The van der Waals surface area contributed by atoms with E-state index in [1.54, 1.807) is 18.2 Å². The van der Waals surface area contributed by atoms with Crippen LogP contribution in [0, 0.1) is 10.1 Å². The number of amides is 1. The van der Waals surface area contributed by atoms with E-state index in [2.05, 4.69) is 10.5 Å². The highest BCUT2D eigenvalue weighted by molar-refractivity contribution is 5.80. The standard InChI is InChI=1S/C14H13N3O5/c1-9(18)16-15-8-11-4-6-13(22-11)12-5-3-10(17(19)20)7-14(12)21-2/h3-8H,1-2H3,(H,16,18)/b15-8+. The van der Waals surface area contributed by atoms with Crippen molar-refractivity contribution in [2.45, 2.75) is 6.92 Å². The zero-order valence-electron chi connectivity index (χ0n) is 11.9. The van der Waals surface area contributed by atoms with Gasteiger partial charge >= 0.3 is 0 Å². The first-order valence-corrected chi connectivity index (χ1v) is 6.23. The van der Waals surface area contributed by atoms with Gasteiger partial charge in [-0.1, -0.05) is 0 Å². The summed E-state index contributed by atoms with van der Waals surface area (Å²) in [7, 11) is 1.42.